The molecule has 1 aliphatic carbocycles. The molecule has 102 valence electrons. The van der Waals surface area contributed by atoms with Gasteiger partial charge in [-0.05, 0) is 37.6 Å². The van der Waals surface area contributed by atoms with Gasteiger partial charge in [-0.15, -0.1) is 0 Å². The van der Waals surface area contributed by atoms with Crippen LogP contribution in [0.2, 0.25) is 0 Å². The number of nitrogens with two attached hydrogens (primary N) is 1. The second-order valence-electron chi connectivity index (χ2n) is 5.29. The van der Waals surface area contributed by atoms with Crippen LogP contribution in [0.1, 0.15) is 46.0 Å². The molecule has 0 radical (unpaired) electrons. The average molecular weight is 243 g/mol. The van der Waals surface area contributed by atoms with Crippen molar-refractivity contribution in [1.29, 1.82) is 0 Å². The van der Waals surface area contributed by atoms with Crippen molar-refractivity contribution < 1.29 is 9.47 Å². The van der Waals surface area contributed by atoms with Gasteiger partial charge in [-0.1, -0.05) is 26.7 Å². The predicted molar refractivity (Wildman–Crippen MR) is 71.0 cm³/mol. The van der Waals surface area contributed by atoms with Gasteiger partial charge in [0.25, 0.3) is 0 Å². The molecule has 0 saturated heterocycles. The predicted octanol–water partition coefficient (Wildman–Crippen LogP) is 2.58. The first kappa shape index (κ1) is 14.9. The first-order chi connectivity index (χ1) is 8.27. The van der Waals surface area contributed by atoms with Gasteiger partial charge in [-0.25, -0.2) is 0 Å². The van der Waals surface area contributed by atoms with Crippen molar-refractivity contribution in [1.82, 2.24) is 0 Å². The Morgan fingerprint density at radius 3 is 2.71 bits per heavy atom. The molecule has 0 aromatic rings. The third kappa shape index (κ3) is 5.84. The molecule has 2 N–H and O–H groups in total. The zero-order valence-corrected chi connectivity index (χ0v) is 11.5. The Labute approximate surface area is 106 Å². The molecular weight excluding hydrogens is 214 g/mol. The summed E-state index contributed by atoms with van der Waals surface area (Å²) in [5.74, 6) is 1.34. The zero-order chi connectivity index (χ0) is 12.5. The van der Waals surface area contributed by atoms with Crippen molar-refractivity contribution in [2.75, 3.05) is 26.4 Å². The van der Waals surface area contributed by atoms with E-state index in [2.05, 4.69) is 13.8 Å². The van der Waals surface area contributed by atoms with E-state index in [4.69, 9.17) is 15.2 Å². The number of ether oxygens (including phenoxy) is 2. The fourth-order valence-electron chi connectivity index (χ4n) is 2.47. The number of rotatable bonds is 8. The summed E-state index contributed by atoms with van der Waals surface area (Å²) in [6.45, 7) is 7.55. The van der Waals surface area contributed by atoms with E-state index in [1.165, 1.54) is 19.3 Å². The van der Waals surface area contributed by atoms with Crippen LogP contribution in [0.3, 0.4) is 0 Å². The third-order valence-corrected chi connectivity index (χ3v) is 3.70. The van der Waals surface area contributed by atoms with Crippen molar-refractivity contribution >= 4 is 0 Å². The van der Waals surface area contributed by atoms with E-state index in [-0.39, 0.29) is 0 Å². The van der Waals surface area contributed by atoms with E-state index < -0.39 is 0 Å². The Morgan fingerprint density at radius 1 is 1.18 bits per heavy atom. The standard InChI is InChI=1S/C14H29NO2/c1-3-4-7-16-8-9-17-14-10-12(2)5-6-13(14)11-15/h12-14H,3-11,15H2,1-2H3. The quantitative estimate of drug-likeness (QED) is 0.666. The molecule has 3 atom stereocenters. The molecule has 0 heterocycles. The molecule has 0 bridgehead atoms. The topological polar surface area (TPSA) is 44.5 Å². The second kappa shape index (κ2) is 8.90. The maximum absolute atomic E-state index is 5.93. The Morgan fingerprint density at radius 2 is 2.00 bits per heavy atom. The van der Waals surface area contributed by atoms with Crippen LogP contribution in [-0.2, 0) is 9.47 Å². The lowest BCUT2D eigenvalue weighted by Crippen LogP contribution is -2.36. The van der Waals surface area contributed by atoms with Crippen LogP contribution >= 0.6 is 0 Å². The summed E-state index contributed by atoms with van der Waals surface area (Å²) in [5, 5.41) is 0. The Balaban J connectivity index is 2.10. The lowest BCUT2D eigenvalue weighted by atomic mass is 9.80. The van der Waals surface area contributed by atoms with Gasteiger partial charge < -0.3 is 15.2 Å². The summed E-state index contributed by atoms with van der Waals surface area (Å²) in [5.41, 5.74) is 5.80. The maximum atomic E-state index is 5.93. The number of hydrogen-bond acceptors (Lipinski definition) is 3. The molecule has 0 aromatic carbocycles. The third-order valence-electron chi connectivity index (χ3n) is 3.70. The van der Waals surface area contributed by atoms with Gasteiger partial charge in [0.05, 0.1) is 19.3 Å². The van der Waals surface area contributed by atoms with Gasteiger partial charge in [-0.3, -0.25) is 0 Å². The van der Waals surface area contributed by atoms with E-state index in [0.717, 1.165) is 45.1 Å². The molecule has 3 unspecified atom stereocenters. The van der Waals surface area contributed by atoms with Gasteiger partial charge in [0.2, 0.25) is 0 Å². The van der Waals surface area contributed by atoms with Crippen LogP contribution in [0.25, 0.3) is 0 Å². The smallest absolute Gasteiger partial charge is 0.0704 e. The second-order valence-corrected chi connectivity index (χ2v) is 5.29. The minimum atomic E-state index is 0.360. The zero-order valence-electron chi connectivity index (χ0n) is 11.5. The van der Waals surface area contributed by atoms with Crippen LogP contribution < -0.4 is 5.73 Å². The van der Waals surface area contributed by atoms with Crippen molar-refractivity contribution in [2.24, 2.45) is 17.6 Å². The molecule has 1 aliphatic rings. The van der Waals surface area contributed by atoms with E-state index in [1.807, 2.05) is 0 Å². The Kier molecular flexibility index (Phi) is 7.82. The monoisotopic (exact) mass is 243 g/mol. The molecule has 17 heavy (non-hydrogen) atoms. The molecule has 3 heteroatoms. The largest absolute Gasteiger partial charge is 0.379 e. The Bertz CT molecular complexity index is 187. The fourth-order valence-corrected chi connectivity index (χ4v) is 2.47. The van der Waals surface area contributed by atoms with Crippen LogP contribution in [0.4, 0.5) is 0 Å². The van der Waals surface area contributed by atoms with E-state index >= 15 is 0 Å². The van der Waals surface area contributed by atoms with Crippen molar-refractivity contribution in [3.63, 3.8) is 0 Å². The van der Waals surface area contributed by atoms with E-state index in [0.29, 0.717) is 12.0 Å². The normalized spacial score (nSPS) is 29.5. The van der Waals surface area contributed by atoms with Crippen molar-refractivity contribution in [3.8, 4) is 0 Å². The Hall–Kier alpha value is -0.120. The molecule has 1 saturated carbocycles. The highest BCUT2D eigenvalue weighted by molar-refractivity contribution is 4.79. The average Bonchev–Trinajstić information content (AvgIpc) is 2.34. The van der Waals surface area contributed by atoms with E-state index in [9.17, 15) is 0 Å². The van der Waals surface area contributed by atoms with Crippen LogP contribution in [-0.4, -0.2) is 32.5 Å². The fraction of sp³-hybridized carbons (Fsp3) is 1.00. The van der Waals surface area contributed by atoms with Crippen LogP contribution in [0.15, 0.2) is 0 Å². The highest BCUT2D eigenvalue weighted by Crippen LogP contribution is 2.30. The van der Waals surface area contributed by atoms with Gasteiger partial charge in [0.15, 0.2) is 0 Å². The summed E-state index contributed by atoms with van der Waals surface area (Å²) >= 11 is 0. The number of hydrogen-bond donors (Lipinski definition) is 1. The molecule has 1 rings (SSSR count). The molecule has 0 spiro atoms. The van der Waals surface area contributed by atoms with Gasteiger partial charge in [0, 0.05) is 6.61 Å². The first-order valence-electron chi connectivity index (χ1n) is 7.17. The lowest BCUT2D eigenvalue weighted by Gasteiger charge is -2.34. The van der Waals surface area contributed by atoms with Gasteiger partial charge >= 0.3 is 0 Å². The minimum Gasteiger partial charge on any atom is -0.379 e. The summed E-state index contributed by atoms with van der Waals surface area (Å²) in [6, 6.07) is 0. The van der Waals surface area contributed by atoms with Crippen LogP contribution in [0, 0.1) is 11.8 Å². The summed E-state index contributed by atoms with van der Waals surface area (Å²) in [7, 11) is 0. The summed E-state index contributed by atoms with van der Waals surface area (Å²) in [6.07, 6.45) is 6.38. The first-order valence-corrected chi connectivity index (χ1v) is 7.17. The number of unbranched alkanes of at least 4 members (excludes halogenated alkanes) is 1. The highest BCUT2D eigenvalue weighted by Gasteiger charge is 2.28. The van der Waals surface area contributed by atoms with Crippen LogP contribution in [0.5, 0.6) is 0 Å². The molecule has 1 fully saturated rings. The highest BCUT2D eigenvalue weighted by atomic mass is 16.5. The maximum Gasteiger partial charge on any atom is 0.0704 e. The summed E-state index contributed by atoms with van der Waals surface area (Å²) < 4.78 is 11.4. The molecule has 0 amide bonds. The lowest BCUT2D eigenvalue weighted by molar-refractivity contribution is -0.0449. The van der Waals surface area contributed by atoms with E-state index in [1.54, 1.807) is 0 Å². The molecule has 0 aromatic heterocycles. The SMILES string of the molecule is CCCCOCCOC1CC(C)CCC1CN. The van der Waals surface area contributed by atoms with Gasteiger partial charge in [0.1, 0.15) is 0 Å². The molecule has 3 nitrogen and oxygen atoms in total. The minimum absolute atomic E-state index is 0.360. The van der Waals surface area contributed by atoms with Crippen molar-refractivity contribution in [2.45, 2.75) is 52.1 Å². The molecule has 0 aliphatic heterocycles. The summed E-state index contributed by atoms with van der Waals surface area (Å²) in [4.78, 5) is 0. The van der Waals surface area contributed by atoms with Gasteiger partial charge in [-0.2, -0.15) is 0 Å². The molecular formula is C14H29NO2. The van der Waals surface area contributed by atoms with Crippen molar-refractivity contribution in [3.05, 3.63) is 0 Å².